The molecule has 2 aromatic heterocycles. The fourth-order valence-electron chi connectivity index (χ4n) is 2.97. The van der Waals surface area contributed by atoms with E-state index in [-0.39, 0.29) is 17.2 Å². The maximum Gasteiger partial charge on any atom is 0.291 e. The number of benzene rings is 2. The third-order valence-electron chi connectivity index (χ3n) is 4.62. The number of aromatic nitrogens is 3. The number of rotatable bonds is 8. The Morgan fingerprint density at radius 3 is 2.66 bits per heavy atom. The number of carbonyl (C=O) groups excluding carboxylic acids is 1. The van der Waals surface area contributed by atoms with Crippen LogP contribution >= 0.6 is 11.8 Å². The number of nitrogens with zero attached hydrogens (tertiary/aromatic N) is 3. The molecule has 0 aliphatic heterocycles. The maximum absolute atomic E-state index is 12.5. The van der Waals surface area contributed by atoms with Crippen molar-refractivity contribution in [3.8, 4) is 11.3 Å². The lowest BCUT2D eigenvalue weighted by Gasteiger charge is -2.05. The van der Waals surface area contributed by atoms with E-state index in [0.717, 1.165) is 17.8 Å². The summed E-state index contributed by atoms with van der Waals surface area (Å²) in [7, 11) is 0. The number of thioether (sulfide) groups is 1. The third-order valence-corrected chi connectivity index (χ3v) is 5.54. The van der Waals surface area contributed by atoms with Gasteiger partial charge in [-0.1, -0.05) is 43.0 Å². The van der Waals surface area contributed by atoms with Gasteiger partial charge in [-0.3, -0.25) is 20.0 Å². The molecular formula is C22H19N5O4S. The van der Waals surface area contributed by atoms with Crippen molar-refractivity contribution in [3.05, 3.63) is 87.9 Å². The van der Waals surface area contributed by atoms with Gasteiger partial charge in [-0.2, -0.15) is 0 Å². The molecule has 2 aromatic carbocycles. The molecule has 0 radical (unpaired) electrons. The quantitative estimate of drug-likeness (QED) is 0.218. The number of nitro benzene ring substituents is 1. The topological polar surface area (TPSA) is 127 Å². The first-order valence-electron chi connectivity index (χ1n) is 9.81. The highest BCUT2D eigenvalue weighted by Crippen LogP contribution is 2.31. The van der Waals surface area contributed by atoms with Crippen molar-refractivity contribution >= 4 is 29.0 Å². The lowest BCUT2D eigenvalue weighted by molar-refractivity contribution is -0.384. The predicted molar refractivity (Wildman–Crippen MR) is 121 cm³/mol. The number of furan rings is 1. The summed E-state index contributed by atoms with van der Waals surface area (Å²) in [5.74, 6) is 1.44. The number of hydrogen-bond acceptors (Lipinski definition) is 7. The van der Waals surface area contributed by atoms with Gasteiger partial charge in [-0.05, 0) is 35.9 Å². The first kappa shape index (κ1) is 21.3. The van der Waals surface area contributed by atoms with E-state index < -0.39 is 10.8 Å². The Morgan fingerprint density at radius 1 is 1.16 bits per heavy atom. The van der Waals surface area contributed by atoms with Gasteiger partial charge in [0, 0.05) is 23.9 Å². The molecule has 0 saturated heterocycles. The van der Waals surface area contributed by atoms with Gasteiger partial charge in [-0.15, -0.1) is 5.10 Å². The van der Waals surface area contributed by atoms with Crippen LogP contribution in [0, 0.1) is 10.1 Å². The van der Waals surface area contributed by atoms with Crippen LogP contribution in [-0.2, 0) is 12.2 Å². The zero-order valence-corrected chi connectivity index (χ0v) is 17.9. The molecule has 2 heterocycles. The highest BCUT2D eigenvalue weighted by Gasteiger charge is 2.19. The lowest BCUT2D eigenvalue weighted by Crippen LogP contribution is -2.10. The number of anilines is 1. The lowest BCUT2D eigenvalue weighted by atomic mass is 10.1. The summed E-state index contributed by atoms with van der Waals surface area (Å²) in [4.78, 5) is 27.6. The second kappa shape index (κ2) is 9.48. The molecule has 0 aliphatic carbocycles. The van der Waals surface area contributed by atoms with E-state index >= 15 is 0 Å². The normalized spacial score (nSPS) is 10.8. The van der Waals surface area contributed by atoms with Crippen molar-refractivity contribution in [1.82, 2.24) is 15.2 Å². The second-order valence-corrected chi connectivity index (χ2v) is 7.74. The van der Waals surface area contributed by atoms with Crippen LogP contribution < -0.4 is 5.32 Å². The minimum atomic E-state index is -0.484. The fraction of sp³-hybridized carbons (Fsp3) is 0.136. The van der Waals surface area contributed by atoms with Crippen LogP contribution in [-0.4, -0.2) is 26.0 Å². The van der Waals surface area contributed by atoms with E-state index in [1.54, 1.807) is 36.4 Å². The SMILES string of the molecule is CCc1nc(SCc2ccc(NC(=O)c3ccc(-c4ccccc4[N+](=O)[O-])o3)cc2)n[nH]1. The minimum absolute atomic E-state index is 0.0640. The highest BCUT2D eigenvalue weighted by molar-refractivity contribution is 7.98. The Kier molecular flexibility index (Phi) is 6.31. The molecule has 0 spiro atoms. The molecule has 1 amide bonds. The van der Waals surface area contributed by atoms with Crippen LogP contribution in [0.4, 0.5) is 11.4 Å². The van der Waals surface area contributed by atoms with E-state index in [4.69, 9.17) is 4.42 Å². The number of para-hydroxylation sites is 1. The zero-order chi connectivity index (χ0) is 22.5. The zero-order valence-electron chi connectivity index (χ0n) is 17.1. The first-order valence-corrected chi connectivity index (χ1v) is 10.8. The monoisotopic (exact) mass is 449 g/mol. The number of nitro groups is 1. The third kappa shape index (κ3) is 4.86. The largest absolute Gasteiger partial charge is 0.451 e. The van der Waals surface area contributed by atoms with Crippen molar-refractivity contribution in [1.29, 1.82) is 0 Å². The molecule has 2 N–H and O–H groups in total. The molecule has 0 bridgehead atoms. The van der Waals surface area contributed by atoms with Crippen molar-refractivity contribution < 1.29 is 14.1 Å². The molecule has 4 rings (SSSR count). The van der Waals surface area contributed by atoms with Gasteiger partial charge >= 0.3 is 0 Å². The summed E-state index contributed by atoms with van der Waals surface area (Å²) in [5.41, 5.74) is 1.90. The van der Waals surface area contributed by atoms with Crippen LogP contribution in [0.15, 0.2) is 70.2 Å². The Hall–Kier alpha value is -3.92. The van der Waals surface area contributed by atoms with E-state index in [2.05, 4.69) is 20.5 Å². The fourth-order valence-corrected chi connectivity index (χ4v) is 3.74. The summed E-state index contributed by atoms with van der Waals surface area (Å²) in [6.07, 6.45) is 0.807. The minimum Gasteiger partial charge on any atom is -0.451 e. The van der Waals surface area contributed by atoms with Crippen molar-refractivity contribution in [2.75, 3.05) is 5.32 Å². The van der Waals surface area contributed by atoms with Crippen LogP contribution in [0.5, 0.6) is 0 Å². The van der Waals surface area contributed by atoms with Gasteiger partial charge in [0.05, 0.1) is 10.5 Å². The second-order valence-electron chi connectivity index (χ2n) is 6.80. The summed E-state index contributed by atoms with van der Waals surface area (Å²) in [6.45, 7) is 2.01. The van der Waals surface area contributed by atoms with Crippen molar-refractivity contribution in [2.45, 2.75) is 24.3 Å². The van der Waals surface area contributed by atoms with E-state index in [0.29, 0.717) is 22.2 Å². The highest BCUT2D eigenvalue weighted by atomic mass is 32.2. The smallest absolute Gasteiger partial charge is 0.291 e. The first-order chi connectivity index (χ1) is 15.5. The number of aryl methyl sites for hydroxylation is 1. The summed E-state index contributed by atoms with van der Waals surface area (Å²) >= 11 is 1.53. The number of hydrogen-bond donors (Lipinski definition) is 2. The standard InChI is InChI=1S/C22H19N5O4S/c1-2-20-24-22(26-25-20)32-13-14-7-9-15(10-8-14)23-21(28)19-12-11-18(31-19)16-5-3-4-6-17(16)27(29)30/h3-12H,2,13H2,1H3,(H,23,28)(H,24,25,26). The van der Waals surface area contributed by atoms with Crippen LogP contribution in [0.2, 0.25) is 0 Å². The molecule has 0 aliphatic rings. The average molecular weight is 449 g/mol. The Morgan fingerprint density at radius 2 is 1.94 bits per heavy atom. The molecule has 0 atom stereocenters. The van der Waals surface area contributed by atoms with E-state index in [1.807, 2.05) is 19.1 Å². The molecular weight excluding hydrogens is 430 g/mol. The molecule has 162 valence electrons. The number of nitrogens with one attached hydrogen (secondary N) is 2. The summed E-state index contributed by atoms with van der Waals surface area (Å²) in [6, 6.07) is 16.7. The Balaban J connectivity index is 1.39. The van der Waals surface area contributed by atoms with Crippen molar-refractivity contribution in [3.63, 3.8) is 0 Å². The van der Waals surface area contributed by atoms with Gasteiger partial charge in [0.15, 0.2) is 5.76 Å². The number of H-pyrrole nitrogens is 1. The number of aromatic amines is 1. The molecule has 10 heteroatoms. The molecule has 0 unspecified atom stereocenters. The molecule has 9 nitrogen and oxygen atoms in total. The predicted octanol–water partition coefficient (Wildman–Crippen LogP) is 5.08. The van der Waals surface area contributed by atoms with E-state index in [1.165, 1.54) is 23.9 Å². The van der Waals surface area contributed by atoms with Gasteiger partial charge in [-0.25, -0.2) is 4.98 Å². The molecule has 4 aromatic rings. The van der Waals surface area contributed by atoms with Gasteiger partial charge in [0.25, 0.3) is 11.6 Å². The Labute approximate surface area is 187 Å². The summed E-state index contributed by atoms with van der Waals surface area (Å²) in [5, 5.41) is 21.7. The van der Waals surface area contributed by atoms with E-state index in [9.17, 15) is 14.9 Å². The average Bonchev–Trinajstić information content (AvgIpc) is 3.48. The summed E-state index contributed by atoms with van der Waals surface area (Å²) < 4.78 is 5.58. The van der Waals surface area contributed by atoms with Gasteiger partial charge in [0.1, 0.15) is 11.6 Å². The van der Waals surface area contributed by atoms with Crippen LogP contribution in [0.3, 0.4) is 0 Å². The van der Waals surface area contributed by atoms with Crippen LogP contribution in [0.25, 0.3) is 11.3 Å². The number of amides is 1. The maximum atomic E-state index is 12.5. The molecule has 32 heavy (non-hydrogen) atoms. The van der Waals surface area contributed by atoms with Gasteiger partial charge < -0.3 is 9.73 Å². The Bertz CT molecular complexity index is 1250. The van der Waals surface area contributed by atoms with Gasteiger partial charge in [0.2, 0.25) is 5.16 Å². The van der Waals surface area contributed by atoms with Crippen molar-refractivity contribution in [2.24, 2.45) is 0 Å². The molecule has 0 fully saturated rings. The van der Waals surface area contributed by atoms with Crippen LogP contribution in [0.1, 0.15) is 28.9 Å². The number of carbonyl (C=O) groups is 1. The molecule has 0 saturated carbocycles.